The summed E-state index contributed by atoms with van der Waals surface area (Å²) in [7, 11) is 4.34. The summed E-state index contributed by atoms with van der Waals surface area (Å²) in [6.45, 7) is 2.73. The Morgan fingerprint density at radius 3 is 2.32 bits per heavy atom. The number of amides is 1. The van der Waals surface area contributed by atoms with Gasteiger partial charge in [-0.05, 0) is 43.3 Å². The van der Waals surface area contributed by atoms with E-state index in [2.05, 4.69) is 10.1 Å². The molecule has 28 heavy (non-hydrogen) atoms. The van der Waals surface area contributed by atoms with E-state index in [1.54, 1.807) is 0 Å². The number of likely N-dealkylation sites (N-methyl/N-ethyl adjacent to an activating group) is 1. The Bertz CT molecular complexity index is 879. The maximum Gasteiger partial charge on any atom is 0.339 e. The number of aryl methyl sites for hydroxylation is 1. The molecule has 0 heterocycles. The van der Waals surface area contributed by atoms with Crippen LogP contribution in [-0.4, -0.2) is 50.6 Å². The molecule has 0 saturated heterocycles. The first-order valence-corrected chi connectivity index (χ1v) is 8.69. The first kappa shape index (κ1) is 21.1. The van der Waals surface area contributed by atoms with Gasteiger partial charge in [0.1, 0.15) is 0 Å². The lowest BCUT2D eigenvalue weighted by molar-refractivity contribution is -0.117. The van der Waals surface area contributed by atoms with Gasteiger partial charge in [-0.1, -0.05) is 24.3 Å². The molecule has 0 saturated carbocycles. The van der Waals surface area contributed by atoms with Crippen molar-refractivity contribution in [2.45, 2.75) is 13.5 Å². The van der Waals surface area contributed by atoms with Gasteiger partial charge in [-0.25, -0.2) is 9.59 Å². The minimum atomic E-state index is -0.611. The van der Waals surface area contributed by atoms with E-state index in [9.17, 15) is 14.4 Å². The van der Waals surface area contributed by atoms with Gasteiger partial charge in [0, 0.05) is 6.54 Å². The minimum Gasteiger partial charge on any atom is -0.465 e. The molecule has 2 rings (SSSR count). The molecule has 2 aromatic carbocycles. The molecule has 0 spiro atoms. The van der Waals surface area contributed by atoms with E-state index in [4.69, 9.17) is 4.74 Å². The molecule has 0 aliphatic heterocycles. The average Bonchev–Trinajstić information content (AvgIpc) is 2.68. The summed E-state index contributed by atoms with van der Waals surface area (Å²) < 4.78 is 9.43. The van der Waals surface area contributed by atoms with E-state index in [-0.39, 0.29) is 29.3 Å². The minimum absolute atomic E-state index is 0.109. The van der Waals surface area contributed by atoms with Crippen LogP contribution in [0.15, 0.2) is 42.5 Å². The van der Waals surface area contributed by atoms with Crippen molar-refractivity contribution in [2.75, 3.05) is 33.1 Å². The van der Waals surface area contributed by atoms with Gasteiger partial charge in [0.05, 0.1) is 37.6 Å². The summed E-state index contributed by atoms with van der Waals surface area (Å²) in [6.07, 6.45) is 0. The number of nitrogens with zero attached hydrogens (tertiary/aromatic N) is 1. The van der Waals surface area contributed by atoms with Crippen molar-refractivity contribution in [3.8, 4) is 0 Å². The van der Waals surface area contributed by atoms with Crippen molar-refractivity contribution in [3.63, 3.8) is 0 Å². The maximum atomic E-state index is 12.5. The quantitative estimate of drug-likeness (QED) is 0.739. The molecular weight excluding hydrogens is 360 g/mol. The lowest BCUT2D eigenvalue weighted by Crippen LogP contribution is -2.30. The molecule has 148 valence electrons. The fourth-order valence-electron chi connectivity index (χ4n) is 2.75. The van der Waals surface area contributed by atoms with Gasteiger partial charge in [0.15, 0.2) is 0 Å². The van der Waals surface area contributed by atoms with Crippen LogP contribution in [-0.2, 0) is 20.8 Å². The second-order valence-electron chi connectivity index (χ2n) is 6.39. The molecule has 0 aliphatic carbocycles. The number of rotatable bonds is 7. The zero-order valence-corrected chi connectivity index (χ0v) is 16.4. The molecular formula is C21H24N2O5. The normalized spacial score (nSPS) is 10.5. The Morgan fingerprint density at radius 1 is 1.00 bits per heavy atom. The zero-order valence-electron chi connectivity index (χ0n) is 16.4. The summed E-state index contributed by atoms with van der Waals surface area (Å²) >= 11 is 0. The largest absolute Gasteiger partial charge is 0.465 e. The first-order chi connectivity index (χ1) is 13.3. The second-order valence-corrected chi connectivity index (χ2v) is 6.39. The van der Waals surface area contributed by atoms with Gasteiger partial charge in [-0.3, -0.25) is 9.69 Å². The summed E-state index contributed by atoms with van der Waals surface area (Å²) in [5, 5.41) is 2.69. The topological polar surface area (TPSA) is 84.9 Å². The summed E-state index contributed by atoms with van der Waals surface area (Å²) in [4.78, 5) is 38.1. The highest BCUT2D eigenvalue weighted by molar-refractivity contribution is 6.03. The number of esters is 2. The standard InChI is InChI=1S/C21H24N2O5/c1-14-7-5-6-8-16(14)12-23(2)13-19(24)22-18-11-15(20(25)27-3)9-10-17(18)21(26)28-4/h5-11H,12-13H2,1-4H3,(H,22,24). The molecule has 7 heteroatoms. The van der Waals surface area contributed by atoms with Crippen LogP contribution in [0.2, 0.25) is 0 Å². The van der Waals surface area contributed by atoms with Crippen LogP contribution >= 0.6 is 0 Å². The number of nitrogens with one attached hydrogen (secondary N) is 1. The Hall–Kier alpha value is -3.19. The first-order valence-electron chi connectivity index (χ1n) is 8.69. The van der Waals surface area contributed by atoms with Gasteiger partial charge in [-0.15, -0.1) is 0 Å². The molecule has 1 amide bonds. The fraction of sp³-hybridized carbons (Fsp3) is 0.286. The maximum absolute atomic E-state index is 12.5. The zero-order chi connectivity index (χ0) is 20.7. The highest BCUT2D eigenvalue weighted by Crippen LogP contribution is 2.20. The monoisotopic (exact) mass is 384 g/mol. The van der Waals surface area contributed by atoms with Gasteiger partial charge < -0.3 is 14.8 Å². The highest BCUT2D eigenvalue weighted by atomic mass is 16.5. The molecule has 0 radical (unpaired) electrons. The third kappa shape index (κ3) is 5.40. The fourth-order valence-corrected chi connectivity index (χ4v) is 2.75. The molecule has 0 unspecified atom stereocenters. The highest BCUT2D eigenvalue weighted by Gasteiger charge is 2.18. The van der Waals surface area contributed by atoms with Gasteiger partial charge in [-0.2, -0.15) is 0 Å². The Labute approximate surface area is 164 Å². The number of hydrogen-bond donors (Lipinski definition) is 1. The molecule has 1 N–H and O–H groups in total. The Kier molecular flexibility index (Phi) is 7.28. The molecule has 7 nitrogen and oxygen atoms in total. The van der Waals surface area contributed by atoms with Gasteiger partial charge in [0.2, 0.25) is 5.91 Å². The van der Waals surface area contributed by atoms with E-state index in [1.807, 2.05) is 43.1 Å². The van der Waals surface area contributed by atoms with E-state index < -0.39 is 11.9 Å². The van der Waals surface area contributed by atoms with Gasteiger partial charge in [0.25, 0.3) is 0 Å². The van der Waals surface area contributed by atoms with Crippen LogP contribution in [0.1, 0.15) is 31.8 Å². The lowest BCUT2D eigenvalue weighted by Gasteiger charge is -2.18. The molecule has 0 atom stereocenters. The molecule has 0 bridgehead atoms. The van der Waals surface area contributed by atoms with Crippen molar-refractivity contribution in [2.24, 2.45) is 0 Å². The number of carbonyl (C=O) groups excluding carboxylic acids is 3. The van der Waals surface area contributed by atoms with Crippen LogP contribution in [0.25, 0.3) is 0 Å². The van der Waals surface area contributed by atoms with Gasteiger partial charge >= 0.3 is 11.9 Å². The summed E-state index contributed by atoms with van der Waals surface area (Å²) in [5.41, 5.74) is 2.85. The lowest BCUT2D eigenvalue weighted by atomic mass is 10.1. The van der Waals surface area contributed by atoms with Crippen LogP contribution in [0.3, 0.4) is 0 Å². The van der Waals surface area contributed by atoms with Crippen molar-refractivity contribution in [3.05, 3.63) is 64.7 Å². The number of benzene rings is 2. The number of methoxy groups -OCH3 is 2. The smallest absolute Gasteiger partial charge is 0.339 e. The van der Waals surface area contributed by atoms with Crippen molar-refractivity contribution >= 4 is 23.5 Å². The van der Waals surface area contributed by atoms with E-state index in [1.165, 1.54) is 32.4 Å². The van der Waals surface area contributed by atoms with Crippen LogP contribution in [0.4, 0.5) is 5.69 Å². The van der Waals surface area contributed by atoms with Crippen molar-refractivity contribution < 1.29 is 23.9 Å². The van der Waals surface area contributed by atoms with E-state index >= 15 is 0 Å². The Balaban J connectivity index is 2.13. The number of anilines is 1. The van der Waals surface area contributed by atoms with Crippen molar-refractivity contribution in [1.82, 2.24) is 4.90 Å². The molecule has 0 fully saturated rings. The van der Waals surface area contributed by atoms with Crippen LogP contribution in [0, 0.1) is 6.92 Å². The SMILES string of the molecule is COC(=O)c1ccc(C(=O)OC)c(NC(=O)CN(C)Cc2ccccc2C)c1. The molecule has 2 aromatic rings. The van der Waals surface area contributed by atoms with Crippen LogP contribution < -0.4 is 5.32 Å². The molecule has 0 aromatic heterocycles. The number of ether oxygens (including phenoxy) is 2. The van der Waals surface area contributed by atoms with Crippen LogP contribution in [0.5, 0.6) is 0 Å². The average molecular weight is 384 g/mol. The third-order valence-corrected chi connectivity index (χ3v) is 4.24. The van der Waals surface area contributed by atoms with Crippen molar-refractivity contribution in [1.29, 1.82) is 0 Å². The molecule has 0 aliphatic rings. The predicted molar refractivity (Wildman–Crippen MR) is 105 cm³/mol. The summed E-state index contributed by atoms with van der Waals surface area (Å²) in [5.74, 6) is -1.49. The Morgan fingerprint density at radius 2 is 1.68 bits per heavy atom. The van der Waals surface area contributed by atoms with E-state index in [0.717, 1.165) is 11.1 Å². The summed E-state index contributed by atoms with van der Waals surface area (Å²) in [6, 6.07) is 12.2. The predicted octanol–water partition coefficient (Wildman–Crippen LogP) is 2.64. The third-order valence-electron chi connectivity index (χ3n) is 4.24. The van der Waals surface area contributed by atoms with E-state index in [0.29, 0.717) is 6.54 Å². The number of hydrogen-bond acceptors (Lipinski definition) is 6. The second kappa shape index (κ2) is 9.66. The number of carbonyl (C=O) groups is 3.